The Morgan fingerprint density at radius 1 is 1.00 bits per heavy atom. The molecule has 0 bridgehead atoms. The first-order valence-electron chi connectivity index (χ1n) is 9.60. The van der Waals surface area contributed by atoms with Gasteiger partial charge >= 0.3 is 0 Å². The summed E-state index contributed by atoms with van der Waals surface area (Å²) in [5.74, 6) is 0.960. The van der Waals surface area contributed by atoms with Gasteiger partial charge in [-0.15, -0.1) is 0 Å². The van der Waals surface area contributed by atoms with Crippen LogP contribution in [0.2, 0.25) is 0 Å². The van der Waals surface area contributed by atoms with Crippen LogP contribution in [-0.2, 0) is 24.2 Å². The summed E-state index contributed by atoms with van der Waals surface area (Å²) < 4.78 is 1.98. The summed E-state index contributed by atoms with van der Waals surface area (Å²) in [5.41, 5.74) is 8.18. The molecule has 1 aliphatic heterocycles. The van der Waals surface area contributed by atoms with Crippen LogP contribution in [0.5, 0.6) is 0 Å². The third-order valence-electron chi connectivity index (χ3n) is 5.55. The minimum Gasteiger partial charge on any atom is -0.337 e. The van der Waals surface area contributed by atoms with Crippen LogP contribution in [0.3, 0.4) is 0 Å². The Kier molecular flexibility index (Phi) is 3.41. The van der Waals surface area contributed by atoms with Gasteiger partial charge in [0, 0.05) is 48.9 Å². The number of hydrogen-bond donors (Lipinski definition) is 1. The number of Topliss-reactive ketones (excluding diaryl/α,β-unsaturated/α-hetero) is 1. The van der Waals surface area contributed by atoms with Crippen molar-refractivity contribution in [2.75, 3.05) is 5.32 Å². The maximum Gasteiger partial charge on any atom is 0.180 e. The van der Waals surface area contributed by atoms with Crippen LogP contribution in [0.4, 0.5) is 11.5 Å². The molecule has 3 heterocycles. The fourth-order valence-electron chi connectivity index (χ4n) is 4.09. The number of aromatic nitrogens is 3. The van der Waals surface area contributed by atoms with Crippen molar-refractivity contribution in [2.24, 2.45) is 4.99 Å². The zero-order chi connectivity index (χ0) is 19.4. The first kappa shape index (κ1) is 16.2. The first-order chi connectivity index (χ1) is 14.2. The predicted octanol–water partition coefficient (Wildman–Crippen LogP) is 3.74. The van der Waals surface area contributed by atoms with Gasteiger partial charge in [0.1, 0.15) is 5.78 Å². The molecule has 0 fully saturated rings. The van der Waals surface area contributed by atoms with Crippen LogP contribution in [0.15, 0.2) is 60.0 Å². The standard InChI is InChI=1S/C23H17N5O/c29-20-9-14-3-4-19(8-17(14)10-20)26-22-23-25-5-6-28(23)13-21(27-22)15-1-2-16-11-24-12-18(16)7-15/h1-8,11,13H,9-10,12H2,(H,26,27). The summed E-state index contributed by atoms with van der Waals surface area (Å²) in [6.45, 7) is 0.718. The summed E-state index contributed by atoms with van der Waals surface area (Å²) >= 11 is 0. The highest BCUT2D eigenvalue weighted by Crippen LogP contribution is 2.29. The molecule has 4 aromatic rings. The Labute approximate surface area is 167 Å². The van der Waals surface area contributed by atoms with Crippen LogP contribution >= 0.6 is 0 Å². The molecule has 0 amide bonds. The van der Waals surface area contributed by atoms with Gasteiger partial charge in [-0.1, -0.05) is 18.2 Å². The number of imidazole rings is 1. The molecule has 0 saturated carbocycles. The van der Waals surface area contributed by atoms with Gasteiger partial charge in [0.05, 0.1) is 12.2 Å². The SMILES string of the molecule is O=C1Cc2ccc(Nc3nc(-c4ccc5c(c4)CN=C5)cn4ccnc34)cc2C1. The topological polar surface area (TPSA) is 71.7 Å². The van der Waals surface area contributed by atoms with Crippen molar-refractivity contribution in [1.82, 2.24) is 14.4 Å². The van der Waals surface area contributed by atoms with E-state index in [1.165, 1.54) is 11.1 Å². The van der Waals surface area contributed by atoms with Gasteiger partial charge < -0.3 is 9.72 Å². The molecule has 6 rings (SSSR count). The lowest BCUT2D eigenvalue weighted by atomic mass is 10.0. The molecular formula is C23H17N5O. The number of fused-ring (bicyclic) bond motifs is 3. The second-order valence-corrected chi connectivity index (χ2v) is 7.52. The van der Waals surface area contributed by atoms with Gasteiger partial charge in [-0.25, -0.2) is 9.97 Å². The van der Waals surface area contributed by atoms with Gasteiger partial charge in [0.25, 0.3) is 0 Å². The van der Waals surface area contributed by atoms with Crippen molar-refractivity contribution in [1.29, 1.82) is 0 Å². The van der Waals surface area contributed by atoms with E-state index in [4.69, 9.17) is 4.98 Å². The number of carbonyl (C=O) groups is 1. The molecule has 6 nitrogen and oxygen atoms in total. The number of nitrogens with one attached hydrogen (secondary N) is 1. The highest BCUT2D eigenvalue weighted by molar-refractivity contribution is 5.89. The number of benzene rings is 2. The van der Waals surface area contributed by atoms with Gasteiger partial charge in [-0.2, -0.15) is 0 Å². The fraction of sp³-hybridized carbons (Fsp3) is 0.130. The lowest BCUT2D eigenvalue weighted by molar-refractivity contribution is -0.117. The molecule has 0 radical (unpaired) electrons. The minimum absolute atomic E-state index is 0.272. The maximum atomic E-state index is 11.7. The number of carbonyl (C=O) groups excluding carboxylic acids is 1. The van der Waals surface area contributed by atoms with E-state index in [0.717, 1.165) is 40.3 Å². The van der Waals surface area contributed by atoms with E-state index >= 15 is 0 Å². The molecule has 140 valence electrons. The maximum absolute atomic E-state index is 11.7. The zero-order valence-corrected chi connectivity index (χ0v) is 15.6. The van der Waals surface area contributed by atoms with Gasteiger partial charge in [0.2, 0.25) is 0 Å². The average Bonchev–Trinajstić information content (AvgIpc) is 3.45. The van der Waals surface area contributed by atoms with Crippen LogP contribution < -0.4 is 5.32 Å². The second kappa shape index (κ2) is 6.10. The monoisotopic (exact) mass is 379 g/mol. The lowest BCUT2D eigenvalue weighted by Gasteiger charge is -2.11. The summed E-state index contributed by atoms with van der Waals surface area (Å²) in [7, 11) is 0. The Hall–Kier alpha value is -3.80. The van der Waals surface area contributed by atoms with E-state index in [2.05, 4.69) is 33.5 Å². The van der Waals surface area contributed by atoms with Gasteiger partial charge in [-0.3, -0.25) is 9.79 Å². The number of hydrogen-bond acceptors (Lipinski definition) is 5. The molecule has 0 spiro atoms. The molecule has 0 unspecified atom stereocenters. The molecule has 2 aromatic heterocycles. The largest absolute Gasteiger partial charge is 0.337 e. The second-order valence-electron chi connectivity index (χ2n) is 7.52. The quantitative estimate of drug-likeness (QED) is 0.589. The van der Waals surface area contributed by atoms with Crippen LogP contribution in [-0.4, -0.2) is 26.4 Å². The van der Waals surface area contributed by atoms with Crippen molar-refractivity contribution in [3.8, 4) is 11.3 Å². The summed E-state index contributed by atoms with van der Waals surface area (Å²) in [5, 5.41) is 3.41. The summed E-state index contributed by atoms with van der Waals surface area (Å²) in [4.78, 5) is 25.4. The highest BCUT2D eigenvalue weighted by atomic mass is 16.1. The Morgan fingerprint density at radius 3 is 2.90 bits per heavy atom. The smallest absolute Gasteiger partial charge is 0.180 e. The van der Waals surface area contributed by atoms with Crippen LogP contribution in [0.1, 0.15) is 22.3 Å². The van der Waals surface area contributed by atoms with Crippen LogP contribution in [0, 0.1) is 0 Å². The van der Waals surface area contributed by atoms with Crippen LogP contribution in [0.25, 0.3) is 16.9 Å². The van der Waals surface area contributed by atoms with Crippen molar-refractivity contribution in [2.45, 2.75) is 19.4 Å². The number of rotatable bonds is 3. The minimum atomic E-state index is 0.272. The summed E-state index contributed by atoms with van der Waals surface area (Å²) in [6, 6.07) is 12.4. The van der Waals surface area contributed by atoms with E-state index in [9.17, 15) is 4.79 Å². The van der Waals surface area contributed by atoms with E-state index in [0.29, 0.717) is 18.7 Å². The molecule has 2 aromatic carbocycles. The Morgan fingerprint density at radius 2 is 1.93 bits per heavy atom. The molecule has 0 saturated heterocycles. The number of ketones is 1. The zero-order valence-electron chi connectivity index (χ0n) is 15.6. The van der Waals surface area contributed by atoms with E-state index < -0.39 is 0 Å². The fourth-order valence-corrected chi connectivity index (χ4v) is 4.09. The average molecular weight is 379 g/mol. The van der Waals surface area contributed by atoms with Crippen molar-refractivity contribution in [3.63, 3.8) is 0 Å². The lowest BCUT2D eigenvalue weighted by Crippen LogP contribution is -2.01. The molecule has 6 heteroatoms. The molecule has 29 heavy (non-hydrogen) atoms. The van der Waals surface area contributed by atoms with Gasteiger partial charge in [0.15, 0.2) is 11.5 Å². The highest BCUT2D eigenvalue weighted by Gasteiger charge is 2.19. The predicted molar refractivity (Wildman–Crippen MR) is 112 cm³/mol. The van der Waals surface area contributed by atoms with E-state index in [-0.39, 0.29) is 5.78 Å². The Balaban J connectivity index is 1.42. The van der Waals surface area contributed by atoms with Crippen molar-refractivity contribution < 1.29 is 4.79 Å². The van der Waals surface area contributed by atoms with E-state index in [1.807, 2.05) is 41.2 Å². The molecule has 0 atom stereocenters. The third-order valence-corrected chi connectivity index (χ3v) is 5.55. The van der Waals surface area contributed by atoms with Crippen molar-refractivity contribution >= 4 is 29.2 Å². The number of nitrogens with zero attached hydrogens (tertiary/aromatic N) is 4. The number of aliphatic imine (C=N–C) groups is 1. The van der Waals surface area contributed by atoms with Crippen molar-refractivity contribution in [3.05, 3.63) is 77.2 Å². The molecule has 2 aliphatic rings. The third kappa shape index (κ3) is 2.72. The molecule has 1 N–H and O–H groups in total. The summed E-state index contributed by atoms with van der Waals surface area (Å²) in [6.07, 6.45) is 8.64. The number of anilines is 2. The molecular weight excluding hydrogens is 362 g/mol. The van der Waals surface area contributed by atoms with E-state index in [1.54, 1.807) is 6.20 Å². The van der Waals surface area contributed by atoms with Gasteiger partial charge in [-0.05, 0) is 40.5 Å². The Bertz CT molecular complexity index is 1330. The first-order valence-corrected chi connectivity index (χ1v) is 9.60. The molecule has 1 aliphatic carbocycles. The normalized spacial score (nSPS) is 14.4.